The molecular formula is C9H6INO. The monoisotopic (exact) mass is 271 g/mol. The SMILES string of the molecule is Oc1ccc(I)c2ccncc12. The molecule has 3 heteroatoms. The van der Waals surface area contributed by atoms with Crippen LogP contribution in [0.4, 0.5) is 0 Å². The minimum Gasteiger partial charge on any atom is -0.507 e. The quantitative estimate of drug-likeness (QED) is 0.747. The van der Waals surface area contributed by atoms with Crippen molar-refractivity contribution in [3.63, 3.8) is 0 Å². The molecule has 0 fully saturated rings. The minimum atomic E-state index is 0.290. The van der Waals surface area contributed by atoms with Crippen molar-refractivity contribution in [3.8, 4) is 5.75 Å². The van der Waals surface area contributed by atoms with Gasteiger partial charge < -0.3 is 5.11 Å². The van der Waals surface area contributed by atoms with E-state index in [0.717, 1.165) is 14.3 Å². The van der Waals surface area contributed by atoms with Crippen molar-refractivity contribution in [1.82, 2.24) is 4.98 Å². The van der Waals surface area contributed by atoms with E-state index >= 15 is 0 Å². The molecule has 0 saturated carbocycles. The molecule has 0 aliphatic heterocycles. The number of aromatic nitrogens is 1. The lowest BCUT2D eigenvalue weighted by Crippen LogP contribution is -1.79. The van der Waals surface area contributed by atoms with Crippen LogP contribution in [0, 0.1) is 3.57 Å². The van der Waals surface area contributed by atoms with Gasteiger partial charge in [-0.15, -0.1) is 0 Å². The highest BCUT2D eigenvalue weighted by Crippen LogP contribution is 2.27. The van der Waals surface area contributed by atoms with Crippen molar-refractivity contribution < 1.29 is 5.11 Å². The third-order valence-electron chi connectivity index (χ3n) is 1.74. The van der Waals surface area contributed by atoms with Gasteiger partial charge in [-0.05, 0) is 40.8 Å². The molecule has 0 atom stereocenters. The van der Waals surface area contributed by atoms with E-state index in [1.165, 1.54) is 0 Å². The number of aromatic hydroxyl groups is 1. The maximum atomic E-state index is 9.45. The molecule has 1 heterocycles. The third-order valence-corrected chi connectivity index (χ3v) is 2.68. The largest absolute Gasteiger partial charge is 0.507 e. The Bertz CT molecular complexity index is 387. The number of phenolic OH excluding ortho intramolecular Hbond substituents is 1. The summed E-state index contributed by atoms with van der Waals surface area (Å²) in [6.45, 7) is 0. The van der Waals surface area contributed by atoms with Gasteiger partial charge in [-0.2, -0.15) is 0 Å². The number of fused-ring (bicyclic) bond motifs is 1. The number of nitrogens with zero attached hydrogens (tertiary/aromatic N) is 1. The molecule has 1 N–H and O–H groups in total. The Morgan fingerprint density at radius 1 is 1.17 bits per heavy atom. The number of phenols is 1. The molecule has 0 aliphatic rings. The molecule has 2 rings (SSSR count). The zero-order valence-corrected chi connectivity index (χ0v) is 8.32. The van der Waals surface area contributed by atoms with Crippen LogP contribution in [0.2, 0.25) is 0 Å². The van der Waals surface area contributed by atoms with E-state index in [1.807, 2.05) is 12.1 Å². The first kappa shape index (κ1) is 7.79. The van der Waals surface area contributed by atoms with Crippen molar-refractivity contribution in [2.24, 2.45) is 0 Å². The van der Waals surface area contributed by atoms with Crippen LogP contribution in [0.1, 0.15) is 0 Å². The van der Waals surface area contributed by atoms with E-state index in [4.69, 9.17) is 0 Å². The number of rotatable bonds is 0. The normalized spacial score (nSPS) is 10.4. The number of hydrogen-bond acceptors (Lipinski definition) is 2. The van der Waals surface area contributed by atoms with E-state index in [9.17, 15) is 5.11 Å². The van der Waals surface area contributed by atoms with E-state index in [1.54, 1.807) is 18.5 Å². The number of benzene rings is 1. The fourth-order valence-corrected chi connectivity index (χ4v) is 1.79. The second kappa shape index (κ2) is 2.90. The van der Waals surface area contributed by atoms with Gasteiger partial charge in [0.1, 0.15) is 5.75 Å². The van der Waals surface area contributed by atoms with Crippen LogP contribution in [-0.2, 0) is 0 Å². The van der Waals surface area contributed by atoms with Gasteiger partial charge in [0.15, 0.2) is 0 Å². The average molecular weight is 271 g/mol. The van der Waals surface area contributed by atoms with Gasteiger partial charge in [0.2, 0.25) is 0 Å². The Morgan fingerprint density at radius 3 is 2.75 bits per heavy atom. The van der Waals surface area contributed by atoms with Crippen LogP contribution >= 0.6 is 22.6 Å². The van der Waals surface area contributed by atoms with Crippen LogP contribution in [0.5, 0.6) is 5.75 Å². The fraction of sp³-hybridized carbons (Fsp3) is 0. The molecule has 0 spiro atoms. The zero-order chi connectivity index (χ0) is 8.55. The first-order valence-electron chi connectivity index (χ1n) is 3.50. The summed E-state index contributed by atoms with van der Waals surface area (Å²) in [7, 11) is 0. The Balaban J connectivity index is 2.95. The van der Waals surface area contributed by atoms with Gasteiger partial charge >= 0.3 is 0 Å². The lowest BCUT2D eigenvalue weighted by molar-refractivity contribution is 0.481. The number of pyridine rings is 1. The molecule has 0 unspecified atom stereocenters. The molecule has 0 bridgehead atoms. The maximum absolute atomic E-state index is 9.45. The molecule has 2 aromatic rings. The first-order valence-corrected chi connectivity index (χ1v) is 4.58. The number of hydrogen-bond donors (Lipinski definition) is 1. The van der Waals surface area contributed by atoms with E-state index in [2.05, 4.69) is 27.6 Å². The summed E-state index contributed by atoms with van der Waals surface area (Å²) in [4.78, 5) is 3.95. The Kier molecular flexibility index (Phi) is 1.88. The van der Waals surface area contributed by atoms with Crippen molar-refractivity contribution in [2.45, 2.75) is 0 Å². The van der Waals surface area contributed by atoms with Crippen LogP contribution in [0.25, 0.3) is 10.8 Å². The highest BCUT2D eigenvalue weighted by Gasteiger charge is 2.01. The molecule has 1 aromatic carbocycles. The molecular weight excluding hydrogens is 265 g/mol. The van der Waals surface area contributed by atoms with E-state index in [-0.39, 0.29) is 0 Å². The second-order valence-corrected chi connectivity index (χ2v) is 3.65. The summed E-state index contributed by atoms with van der Waals surface area (Å²) < 4.78 is 1.13. The molecule has 0 saturated heterocycles. The summed E-state index contributed by atoms with van der Waals surface area (Å²) in [5.41, 5.74) is 0. The van der Waals surface area contributed by atoms with Crippen molar-refractivity contribution >= 4 is 33.4 Å². The van der Waals surface area contributed by atoms with Crippen molar-refractivity contribution in [3.05, 3.63) is 34.2 Å². The van der Waals surface area contributed by atoms with Gasteiger partial charge in [0, 0.05) is 26.7 Å². The second-order valence-electron chi connectivity index (χ2n) is 2.49. The number of halogens is 1. The zero-order valence-electron chi connectivity index (χ0n) is 6.16. The lowest BCUT2D eigenvalue weighted by Gasteiger charge is -2.00. The van der Waals surface area contributed by atoms with Crippen LogP contribution in [0.15, 0.2) is 30.6 Å². The van der Waals surface area contributed by atoms with E-state index < -0.39 is 0 Å². The van der Waals surface area contributed by atoms with Crippen LogP contribution < -0.4 is 0 Å². The van der Waals surface area contributed by atoms with Gasteiger partial charge in [0.25, 0.3) is 0 Å². The van der Waals surface area contributed by atoms with Crippen molar-refractivity contribution in [1.29, 1.82) is 0 Å². The minimum absolute atomic E-state index is 0.290. The summed E-state index contributed by atoms with van der Waals surface area (Å²) in [5, 5.41) is 11.3. The summed E-state index contributed by atoms with van der Waals surface area (Å²) >= 11 is 2.24. The highest BCUT2D eigenvalue weighted by molar-refractivity contribution is 14.1. The fourth-order valence-electron chi connectivity index (χ4n) is 1.14. The van der Waals surface area contributed by atoms with Crippen LogP contribution in [-0.4, -0.2) is 10.1 Å². The van der Waals surface area contributed by atoms with Gasteiger partial charge in [0.05, 0.1) is 0 Å². The standard InChI is InChI=1S/C9H6INO/c10-8-1-2-9(12)7-5-11-4-3-6(7)8/h1-5,12H. The predicted octanol–water partition coefficient (Wildman–Crippen LogP) is 2.55. The third kappa shape index (κ3) is 1.14. The molecule has 2 nitrogen and oxygen atoms in total. The summed E-state index contributed by atoms with van der Waals surface area (Å²) in [6, 6.07) is 5.47. The molecule has 0 radical (unpaired) electrons. The van der Waals surface area contributed by atoms with Gasteiger partial charge in [-0.1, -0.05) is 0 Å². The summed E-state index contributed by atoms with van der Waals surface area (Å²) in [6.07, 6.45) is 3.40. The Hall–Kier alpha value is -0.840. The lowest BCUT2D eigenvalue weighted by atomic mass is 10.2. The smallest absolute Gasteiger partial charge is 0.125 e. The molecule has 12 heavy (non-hydrogen) atoms. The first-order chi connectivity index (χ1) is 5.79. The average Bonchev–Trinajstić information content (AvgIpc) is 2.12. The predicted molar refractivity (Wildman–Crippen MR) is 56.1 cm³/mol. The van der Waals surface area contributed by atoms with E-state index in [0.29, 0.717) is 5.75 Å². The molecule has 0 amide bonds. The van der Waals surface area contributed by atoms with Crippen molar-refractivity contribution in [2.75, 3.05) is 0 Å². The molecule has 0 aliphatic carbocycles. The Morgan fingerprint density at radius 2 is 2.00 bits per heavy atom. The van der Waals surface area contributed by atoms with Gasteiger partial charge in [-0.25, -0.2) is 0 Å². The topological polar surface area (TPSA) is 33.1 Å². The summed E-state index contributed by atoms with van der Waals surface area (Å²) in [5.74, 6) is 0.290. The maximum Gasteiger partial charge on any atom is 0.125 e. The van der Waals surface area contributed by atoms with Gasteiger partial charge in [-0.3, -0.25) is 4.98 Å². The van der Waals surface area contributed by atoms with Crippen LogP contribution in [0.3, 0.4) is 0 Å². The molecule has 1 aromatic heterocycles. The molecule has 60 valence electrons. The Labute approximate surface area is 83.4 Å². The highest BCUT2D eigenvalue weighted by atomic mass is 127.